The largest absolute Gasteiger partial charge is 0.460 e. The van der Waals surface area contributed by atoms with Gasteiger partial charge in [0, 0.05) is 6.42 Å². The Hall–Kier alpha value is -1.47. The summed E-state index contributed by atoms with van der Waals surface area (Å²) in [6.07, 6.45) is -11.2. The fourth-order valence-corrected chi connectivity index (χ4v) is 2.02. The molecule has 35 heavy (non-hydrogen) atoms. The molecule has 0 atom stereocenters. The molecule has 0 bridgehead atoms. The number of hydrogen-bond acceptors (Lipinski definition) is 0. The zero-order valence-corrected chi connectivity index (χ0v) is 15.9. The molecule has 0 aromatic carbocycles. The van der Waals surface area contributed by atoms with Gasteiger partial charge in [-0.15, -0.1) is 0 Å². The van der Waals surface area contributed by atoms with E-state index in [0.717, 1.165) is 6.92 Å². The molecule has 0 fully saturated rings. The fraction of sp³-hybridized carbons (Fsp3) is 0.929. The smallest absolute Gasteiger partial charge is 0.199 e. The first kappa shape index (κ1) is 33.5. The minimum absolute atomic E-state index is 0.642. The average molecular weight is 575 g/mol. The Morgan fingerprint density at radius 1 is 0.371 bits per heavy atom. The van der Waals surface area contributed by atoms with E-state index in [2.05, 4.69) is 0 Å². The molecule has 0 aliphatic carbocycles. The van der Waals surface area contributed by atoms with Crippen molar-refractivity contribution in [3.8, 4) is 0 Å². The van der Waals surface area contributed by atoms with Crippen LogP contribution in [0.4, 0.5) is 92.2 Å². The van der Waals surface area contributed by atoms with Crippen LogP contribution in [0.1, 0.15) is 19.8 Å². The van der Waals surface area contributed by atoms with Crippen LogP contribution in [-0.4, -0.2) is 59.5 Å². The molecule has 0 N–H and O–H groups in total. The van der Waals surface area contributed by atoms with E-state index in [1.807, 2.05) is 0 Å². The van der Waals surface area contributed by atoms with E-state index in [-0.39, 0.29) is 0 Å². The molecule has 1 radical (unpaired) electrons. The Balaban J connectivity index is 6.97. The average Bonchev–Trinajstić information content (AvgIpc) is 2.64. The molecule has 0 saturated heterocycles. The maximum Gasteiger partial charge on any atom is 0.460 e. The second kappa shape index (κ2) is 8.54. The van der Waals surface area contributed by atoms with Crippen LogP contribution in [0.2, 0.25) is 0 Å². The Labute approximate surface area is 179 Å². The zero-order chi connectivity index (χ0) is 29.1. The van der Waals surface area contributed by atoms with E-state index in [9.17, 15) is 92.2 Å². The normalized spacial score (nSPS) is 16.6. The first-order chi connectivity index (χ1) is 14.8. The summed E-state index contributed by atoms with van der Waals surface area (Å²) in [5.41, 5.74) is 0. The van der Waals surface area contributed by atoms with Crippen LogP contribution >= 0.6 is 0 Å². The lowest BCUT2D eigenvalue weighted by atomic mass is 9.85. The van der Waals surface area contributed by atoms with Crippen LogP contribution in [0, 0.1) is 6.42 Å². The predicted molar refractivity (Wildman–Crippen MR) is 69.8 cm³/mol. The molecule has 0 unspecified atom stereocenters. The van der Waals surface area contributed by atoms with Gasteiger partial charge in [0.25, 0.3) is 0 Å². The first-order valence-electron chi connectivity index (χ1n) is 8.12. The van der Waals surface area contributed by atoms with Gasteiger partial charge >= 0.3 is 59.5 Å². The van der Waals surface area contributed by atoms with Crippen molar-refractivity contribution in [2.75, 3.05) is 0 Å². The lowest BCUT2D eigenvalue weighted by molar-refractivity contribution is -0.473. The van der Waals surface area contributed by atoms with Crippen LogP contribution in [0.25, 0.3) is 0 Å². The number of rotatable bonds is 11. The zero-order valence-electron chi connectivity index (χ0n) is 15.9. The van der Waals surface area contributed by atoms with Gasteiger partial charge in [0.15, 0.2) is 0 Å². The molecule has 21 heteroatoms. The van der Waals surface area contributed by atoms with Crippen molar-refractivity contribution >= 4 is 0 Å². The second-order valence-electron chi connectivity index (χ2n) is 6.71. The summed E-state index contributed by atoms with van der Waals surface area (Å²) in [4.78, 5) is 0. The summed E-state index contributed by atoms with van der Waals surface area (Å²) in [5, 5.41) is 0. The lowest BCUT2D eigenvalue weighted by Gasteiger charge is -2.44. The van der Waals surface area contributed by atoms with Crippen molar-refractivity contribution in [2.45, 2.75) is 79.2 Å². The molecule has 0 saturated carbocycles. The highest BCUT2D eigenvalue weighted by molar-refractivity contribution is 5.18. The summed E-state index contributed by atoms with van der Waals surface area (Å²) in [6, 6.07) is 0. The third-order valence-corrected chi connectivity index (χ3v) is 4.22. The van der Waals surface area contributed by atoms with Crippen molar-refractivity contribution in [2.24, 2.45) is 0 Å². The van der Waals surface area contributed by atoms with Gasteiger partial charge in [0.05, 0.1) is 0 Å². The van der Waals surface area contributed by atoms with Crippen molar-refractivity contribution in [1.82, 2.24) is 0 Å². The van der Waals surface area contributed by atoms with Crippen molar-refractivity contribution in [3.63, 3.8) is 0 Å². The van der Waals surface area contributed by atoms with Gasteiger partial charge in [0.2, 0.25) is 0 Å². The maximum absolute atomic E-state index is 13.5. The molecular weight excluding hydrogens is 567 g/mol. The van der Waals surface area contributed by atoms with Crippen molar-refractivity contribution in [1.29, 1.82) is 0 Å². The van der Waals surface area contributed by atoms with E-state index < -0.39 is 78.7 Å². The van der Waals surface area contributed by atoms with Gasteiger partial charge in [0.1, 0.15) is 0 Å². The Bertz CT molecular complexity index is 742. The van der Waals surface area contributed by atoms with Gasteiger partial charge in [-0.3, -0.25) is 0 Å². The fourth-order valence-electron chi connectivity index (χ4n) is 2.02. The van der Waals surface area contributed by atoms with Gasteiger partial charge in [-0.25, -0.2) is 0 Å². The third-order valence-electron chi connectivity index (χ3n) is 4.22. The second-order valence-corrected chi connectivity index (χ2v) is 6.71. The Kier molecular flexibility index (Phi) is 8.18. The molecular formula is C14H8F21. The Morgan fingerprint density at radius 3 is 0.829 bits per heavy atom. The number of alkyl halides is 21. The van der Waals surface area contributed by atoms with Crippen molar-refractivity contribution in [3.05, 3.63) is 6.42 Å². The summed E-state index contributed by atoms with van der Waals surface area (Å²) < 4.78 is 274. The monoisotopic (exact) mass is 575 g/mol. The minimum Gasteiger partial charge on any atom is -0.199 e. The summed E-state index contributed by atoms with van der Waals surface area (Å²) in [6.45, 7) is 0.866. The highest BCUT2D eigenvalue weighted by Gasteiger charge is 2.97. The van der Waals surface area contributed by atoms with E-state index in [1.165, 1.54) is 0 Å². The molecule has 0 aliphatic heterocycles. The van der Waals surface area contributed by atoms with Gasteiger partial charge < -0.3 is 0 Å². The summed E-state index contributed by atoms with van der Waals surface area (Å²) in [7, 11) is 0. The van der Waals surface area contributed by atoms with Gasteiger partial charge in [-0.2, -0.15) is 92.2 Å². The van der Waals surface area contributed by atoms with E-state index in [1.54, 1.807) is 0 Å². The Morgan fingerprint density at radius 2 is 0.600 bits per heavy atom. The molecule has 0 amide bonds. The van der Waals surface area contributed by atoms with Crippen LogP contribution < -0.4 is 0 Å². The SMILES string of the molecule is CCC[CH]C(F)(F)C(F)(F)C(F)(F)C(F)(F)C(F)(F)C(F)(F)C(F)(F)C(F)(F)C(F)(F)C(F)(F)F. The lowest BCUT2D eigenvalue weighted by Crippen LogP contribution is -2.76. The van der Waals surface area contributed by atoms with E-state index >= 15 is 0 Å². The van der Waals surface area contributed by atoms with E-state index in [0.29, 0.717) is 0 Å². The van der Waals surface area contributed by atoms with Crippen LogP contribution in [0.15, 0.2) is 0 Å². The highest BCUT2D eigenvalue weighted by Crippen LogP contribution is 2.66. The molecule has 0 aromatic rings. The molecule has 0 rings (SSSR count). The van der Waals surface area contributed by atoms with Gasteiger partial charge in [-0.1, -0.05) is 13.3 Å². The van der Waals surface area contributed by atoms with E-state index in [4.69, 9.17) is 0 Å². The molecule has 0 spiro atoms. The standard InChI is InChI=1S/C14H8F21/c1-2-3-4-5(15,16)6(17,18)7(19,20)8(21,22)9(23,24)10(25,26)11(27,28)12(29,30)13(31,32)14(33,34)35/h4H,2-3H2,1H3. The summed E-state index contributed by atoms with van der Waals surface area (Å²) in [5.74, 6) is -76.5. The molecule has 0 heterocycles. The predicted octanol–water partition coefficient (Wildman–Crippen LogP) is 8.27. The number of unbranched alkanes of at least 4 members (excludes halogenated alkanes) is 1. The highest BCUT2D eigenvalue weighted by atomic mass is 19.4. The first-order valence-corrected chi connectivity index (χ1v) is 8.12. The molecule has 0 nitrogen and oxygen atoms in total. The van der Waals surface area contributed by atoms with Crippen LogP contribution in [-0.2, 0) is 0 Å². The van der Waals surface area contributed by atoms with Crippen LogP contribution in [0.5, 0.6) is 0 Å². The molecule has 0 aliphatic rings. The minimum atomic E-state index is -9.14. The number of hydrogen-bond donors (Lipinski definition) is 0. The van der Waals surface area contributed by atoms with Gasteiger partial charge in [-0.05, 0) is 6.42 Å². The molecule has 211 valence electrons. The quantitative estimate of drug-likeness (QED) is 0.218. The summed E-state index contributed by atoms with van der Waals surface area (Å²) >= 11 is 0. The third kappa shape index (κ3) is 4.24. The van der Waals surface area contributed by atoms with Crippen molar-refractivity contribution < 1.29 is 92.2 Å². The maximum atomic E-state index is 13.5. The van der Waals surface area contributed by atoms with Crippen LogP contribution in [0.3, 0.4) is 0 Å². The molecule has 0 aromatic heterocycles. The number of halogens is 21. The topological polar surface area (TPSA) is 0 Å².